The van der Waals surface area contributed by atoms with Crippen LogP contribution in [0.15, 0.2) is 29.1 Å². The molecular formula is C20H26FN3O. The van der Waals surface area contributed by atoms with Crippen LogP contribution in [0.1, 0.15) is 42.8 Å². The van der Waals surface area contributed by atoms with Crippen molar-refractivity contribution in [1.29, 1.82) is 0 Å². The van der Waals surface area contributed by atoms with Gasteiger partial charge in [-0.2, -0.15) is 0 Å². The summed E-state index contributed by atoms with van der Waals surface area (Å²) in [4.78, 5) is 19.0. The molecule has 0 atom stereocenters. The van der Waals surface area contributed by atoms with E-state index in [2.05, 4.69) is 9.88 Å². The lowest BCUT2D eigenvalue weighted by molar-refractivity contribution is 0.226. The fraction of sp³-hybridized carbons (Fsp3) is 0.500. The predicted octanol–water partition coefficient (Wildman–Crippen LogP) is 3.41. The molecule has 1 fully saturated rings. The minimum absolute atomic E-state index is 0.178. The minimum Gasteiger partial charge on any atom is -0.303 e. The van der Waals surface area contributed by atoms with Crippen LogP contribution in [0.4, 0.5) is 4.39 Å². The van der Waals surface area contributed by atoms with Gasteiger partial charge >= 0.3 is 0 Å². The third kappa shape index (κ3) is 4.34. The van der Waals surface area contributed by atoms with Crippen LogP contribution in [0.25, 0.3) is 5.69 Å². The van der Waals surface area contributed by atoms with Crippen molar-refractivity contribution < 1.29 is 4.39 Å². The topological polar surface area (TPSA) is 38.1 Å². The molecule has 1 aliphatic heterocycles. The lowest BCUT2D eigenvalue weighted by atomic mass is 10.1. The second-order valence-electron chi connectivity index (χ2n) is 6.90. The van der Waals surface area contributed by atoms with Gasteiger partial charge in [0.2, 0.25) is 0 Å². The van der Waals surface area contributed by atoms with Gasteiger partial charge in [-0.05, 0) is 76.9 Å². The highest BCUT2D eigenvalue weighted by Crippen LogP contribution is 2.17. The SMILES string of the molecule is Cc1cc(=O)n(-c2ccc(CCCN3CCCCC3)c(F)c2)c(C)n1. The number of rotatable bonds is 5. The Bertz CT molecular complexity index is 794. The summed E-state index contributed by atoms with van der Waals surface area (Å²) in [5, 5.41) is 0. The molecule has 0 N–H and O–H groups in total. The van der Waals surface area contributed by atoms with Gasteiger partial charge in [0.15, 0.2) is 0 Å². The fourth-order valence-corrected chi connectivity index (χ4v) is 3.61. The lowest BCUT2D eigenvalue weighted by Gasteiger charge is -2.26. The van der Waals surface area contributed by atoms with Gasteiger partial charge in [0.05, 0.1) is 5.69 Å². The van der Waals surface area contributed by atoms with Gasteiger partial charge in [0.25, 0.3) is 5.56 Å². The molecule has 2 heterocycles. The van der Waals surface area contributed by atoms with Gasteiger partial charge in [0.1, 0.15) is 11.6 Å². The van der Waals surface area contributed by atoms with Gasteiger partial charge < -0.3 is 4.90 Å². The molecule has 4 nitrogen and oxygen atoms in total. The molecule has 5 heteroatoms. The van der Waals surface area contributed by atoms with E-state index in [9.17, 15) is 9.18 Å². The molecule has 3 rings (SSSR count). The first kappa shape index (κ1) is 17.8. The van der Waals surface area contributed by atoms with E-state index < -0.39 is 0 Å². The van der Waals surface area contributed by atoms with Crippen molar-refractivity contribution in [3.05, 3.63) is 57.5 Å². The van der Waals surface area contributed by atoms with Gasteiger partial charge in [-0.3, -0.25) is 9.36 Å². The molecular weight excluding hydrogens is 317 g/mol. The Kier molecular flexibility index (Phi) is 5.63. The van der Waals surface area contributed by atoms with E-state index >= 15 is 0 Å². The molecule has 134 valence electrons. The normalized spacial score (nSPS) is 15.5. The molecule has 1 saturated heterocycles. The first-order chi connectivity index (χ1) is 12.0. The minimum atomic E-state index is -0.247. The van der Waals surface area contributed by atoms with Crippen LogP contribution in [0, 0.1) is 19.7 Å². The summed E-state index contributed by atoms with van der Waals surface area (Å²) in [5.41, 5.74) is 1.75. The van der Waals surface area contributed by atoms with Crippen LogP contribution < -0.4 is 5.56 Å². The number of hydrogen-bond donors (Lipinski definition) is 0. The molecule has 1 aliphatic rings. The first-order valence-corrected chi connectivity index (χ1v) is 9.13. The Labute approximate surface area is 148 Å². The molecule has 0 unspecified atom stereocenters. The quantitative estimate of drug-likeness (QED) is 0.835. The average molecular weight is 343 g/mol. The van der Waals surface area contributed by atoms with E-state index in [-0.39, 0.29) is 11.4 Å². The number of benzene rings is 1. The van der Waals surface area contributed by atoms with Crippen molar-refractivity contribution in [3.8, 4) is 5.69 Å². The number of likely N-dealkylation sites (tertiary alicyclic amines) is 1. The van der Waals surface area contributed by atoms with E-state index in [0.717, 1.165) is 19.4 Å². The first-order valence-electron chi connectivity index (χ1n) is 9.13. The molecule has 1 aromatic heterocycles. The Morgan fingerprint density at radius 1 is 1.12 bits per heavy atom. The van der Waals surface area contributed by atoms with Crippen molar-refractivity contribution in [3.63, 3.8) is 0 Å². The number of piperidine rings is 1. The zero-order chi connectivity index (χ0) is 17.8. The highest BCUT2D eigenvalue weighted by molar-refractivity contribution is 5.37. The van der Waals surface area contributed by atoms with Crippen LogP contribution in [-0.2, 0) is 6.42 Å². The van der Waals surface area contributed by atoms with Gasteiger partial charge in [-0.15, -0.1) is 0 Å². The largest absolute Gasteiger partial charge is 0.303 e. The number of aromatic nitrogens is 2. The van der Waals surface area contributed by atoms with Crippen molar-refractivity contribution in [2.75, 3.05) is 19.6 Å². The zero-order valence-corrected chi connectivity index (χ0v) is 15.1. The number of aryl methyl sites for hydroxylation is 3. The summed E-state index contributed by atoms with van der Waals surface area (Å²) < 4.78 is 15.9. The number of halogens is 1. The number of nitrogens with zero attached hydrogens (tertiary/aromatic N) is 3. The van der Waals surface area contributed by atoms with Crippen LogP contribution in [0.2, 0.25) is 0 Å². The van der Waals surface area contributed by atoms with E-state index in [1.54, 1.807) is 19.9 Å². The van der Waals surface area contributed by atoms with Crippen LogP contribution in [0.3, 0.4) is 0 Å². The number of hydrogen-bond acceptors (Lipinski definition) is 3. The van der Waals surface area contributed by atoms with Crippen molar-refractivity contribution in [2.45, 2.75) is 46.0 Å². The molecule has 0 saturated carbocycles. The van der Waals surface area contributed by atoms with Crippen LogP contribution in [-0.4, -0.2) is 34.1 Å². The maximum atomic E-state index is 14.5. The van der Waals surface area contributed by atoms with Crippen molar-refractivity contribution >= 4 is 0 Å². The van der Waals surface area contributed by atoms with Gasteiger partial charge in [-0.25, -0.2) is 9.37 Å². The van der Waals surface area contributed by atoms with E-state index in [1.807, 2.05) is 6.07 Å². The van der Waals surface area contributed by atoms with Crippen LogP contribution >= 0.6 is 0 Å². The van der Waals surface area contributed by atoms with Crippen LogP contribution in [0.5, 0.6) is 0 Å². The maximum Gasteiger partial charge on any atom is 0.258 e. The molecule has 0 spiro atoms. The summed E-state index contributed by atoms with van der Waals surface area (Å²) >= 11 is 0. The van der Waals surface area contributed by atoms with Gasteiger partial charge in [0, 0.05) is 11.8 Å². The molecule has 2 aromatic rings. The van der Waals surface area contributed by atoms with Crippen molar-refractivity contribution in [1.82, 2.24) is 14.5 Å². The van der Waals surface area contributed by atoms with E-state index in [0.29, 0.717) is 22.8 Å². The maximum absolute atomic E-state index is 14.5. The highest BCUT2D eigenvalue weighted by Gasteiger charge is 2.12. The Morgan fingerprint density at radius 3 is 2.56 bits per heavy atom. The predicted molar refractivity (Wildman–Crippen MR) is 97.9 cm³/mol. The summed E-state index contributed by atoms with van der Waals surface area (Å²) in [6.45, 7) is 6.92. The van der Waals surface area contributed by atoms with E-state index in [4.69, 9.17) is 0 Å². The highest BCUT2D eigenvalue weighted by atomic mass is 19.1. The van der Waals surface area contributed by atoms with Crippen molar-refractivity contribution in [2.24, 2.45) is 0 Å². The monoisotopic (exact) mass is 343 g/mol. The summed E-state index contributed by atoms with van der Waals surface area (Å²) in [7, 11) is 0. The fourth-order valence-electron chi connectivity index (χ4n) is 3.61. The zero-order valence-electron chi connectivity index (χ0n) is 15.1. The molecule has 25 heavy (non-hydrogen) atoms. The molecule has 0 aliphatic carbocycles. The third-order valence-electron chi connectivity index (χ3n) is 4.88. The molecule has 0 radical (unpaired) electrons. The smallest absolute Gasteiger partial charge is 0.258 e. The Hall–Kier alpha value is -2.01. The summed E-state index contributed by atoms with van der Waals surface area (Å²) in [6, 6.07) is 6.52. The lowest BCUT2D eigenvalue weighted by Crippen LogP contribution is -2.30. The second kappa shape index (κ2) is 7.91. The Balaban J connectivity index is 1.70. The molecule has 0 amide bonds. The second-order valence-corrected chi connectivity index (χ2v) is 6.90. The molecule has 0 bridgehead atoms. The Morgan fingerprint density at radius 2 is 1.88 bits per heavy atom. The third-order valence-corrected chi connectivity index (χ3v) is 4.88. The summed E-state index contributed by atoms with van der Waals surface area (Å²) in [5.74, 6) is 0.324. The molecule has 1 aromatic carbocycles. The standard InChI is InChI=1S/C20H26FN3O/c1-15-13-20(25)24(16(2)22-15)18-9-8-17(19(21)14-18)7-6-12-23-10-4-3-5-11-23/h8-9,13-14H,3-7,10-12H2,1-2H3. The van der Waals surface area contributed by atoms with E-state index in [1.165, 1.54) is 49.1 Å². The summed E-state index contributed by atoms with van der Waals surface area (Å²) in [6.07, 6.45) is 5.58. The van der Waals surface area contributed by atoms with Gasteiger partial charge in [-0.1, -0.05) is 12.5 Å². The average Bonchev–Trinajstić information content (AvgIpc) is 2.57.